The highest BCUT2D eigenvalue weighted by Crippen LogP contribution is 1.96. The largest absolute Gasteiger partial charge is 0.281 e. The van der Waals surface area contributed by atoms with Crippen LogP contribution in [0.15, 0.2) is 0 Å². The maximum atomic E-state index is 9.97. The molecule has 0 aliphatic heterocycles. The van der Waals surface area contributed by atoms with Crippen molar-refractivity contribution < 1.29 is 9.59 Å². The Bertz CT molecular complexity index is 142. The van der Waals surface area contributed by atoms with Gasteiger partial charge < -0.3 is 0 Å². The van der Waals surface area contributed by atoms with Gasteiger partial charge in [0, 0.05) is 18.7 Å². The van der Waals surface area contributed by atoms with E-state index >= 15 is 0 Å². The molecule has 0 saturated heterocycles. The second kappa shape index (κ2) is 13.2. The lowest BCUT2D eigenvalue weighted by Crippen LogP contribution is -1.84. The highest BCUT2D eigenvalue weighted by molar-refractivity contribution is 6.63. The molecular weight excluding hydrogens is 246 g/mol. The second-order valence-electron chi connectivity index (χ2n) is 2.61. The van der Waals surface area contributed by atoms with E-state index in [1.807, 2.05) is 6.92 Å². The average molecular weight is 262 g/mol. The van der Waals surface area contributed by atoms with Gasteiger partial charge in [-0.2, -0.15) is 0 Å². The van der Waals surface area contributed by atoms with E-state index in [-0.39, 0.29) is 10.5 Å². The standard InChI is InChI=1S/C5H9ClO.C4H6Cl2O/c1-2-3-4-5(6)7;5-3-1-2-4(6)7/h2-4H2,1H3;1-3H2. The molecule has 0 aliphatic carbocycles. The van der Waals surface area contributed by atoms with Crippen LogP contribution in [-0.4, -0.2) is 16.4 Å². The second-order valence-corrected chi connectivity index (χ2v) is 3.83. The molecule has 2 nitrogen and oxygen atoms in total. The van der Waals surface area contributed by atoms with Crippen LogP contribution in [-0.2, 0) is 9.59 Å². The van der Waals surface area contributed by atoms with Crippen molar-refractivity contribution in [3.05, 3.63) is 0 Å². The summed E-state index contributed by atoms with van der Waals surface area (Å²) in [7, 11) is 0. The Morgan fingerprint density at radius 1 is 1.00 bits per heavy atom. The molecule has 84 valence electrons. The van der Waals surface area contributed by atoms with Gasteiger partial charge in [0.25, 0.3) is 0 Å². The molecule has 0 radical (unpaired) electrons. The van der Waals surface area contributed by atoms with E-state index in [2.05, 4.69) is 0 Å². The first-order valence-corrected chi connectivity index (χ1v) is 5.76. The lowest BCUT2D eigenvalue weighted by Gasteiger charge is -1.84. The van der Waals surface area contributed by atoms with Crippen molar-refractivity contribution >= 4 is 45.3 Å². The minimum Gasteiger partial charge on any atom is -0.281 e. The summed E-state index contributed by atoms with van der Waals surface area (Å²) in [6.07, 6.45) is 3.56. The Kier molecular flexibility index (Phi) is 15.7. The van der Waals surface area contributed by atoms with Crippen molar-refractivity contribution in [2.45, 2.75) is 39.0 Å². The highest BCUT2D eigenvalue weighted by Gasteiger charge is 1.91. The molecule has 0 heterocycles. The fourth-order valence-electron chi connectivity index (χ4n) is 0.522. The number of rotatable bonds is 6. The van der Waals surface area contributed by atoms with E-state index in [0.717, 1.165) is 12.8 Å². The maximum absolute atomic E-state index is 9.97. The number of hydrogen-bond donors (Lipinski definition) is 0. The molecule has 0 saturated carbocycles. The zero-order chi connectivity index (χ0) is 11.4. The van der Waals surface area contributed by atoms with E-state index in [1.165, 1.54) is 0 Å². The van der Waals surface area contributed by atoms with Gasteiger partial charge in [-0.3, -0.25) is 9.59 Å². The molecule has 0 unspecified atom stereocenters. The molecule has 0 spiro atoms. The van der Waals surface area contributed by atoms with E-state index in [0.29, 0.717) is 25.1 Å². The van der Waals surface area contributed by atoms with Crippen LogP contribution in [0.3, 0.4) is 0 Å². The number of carbonyl (C=O) groups is 2. The summed E-state index contributed by atoms with van der Waals surface area (Å²) in [5, 5.41) is -0.525. The smallest absolute Gasteiger partial charge is 0.221 e. The monoisotopic (exact) mass is 260 g/mol. The van der Waals surface area contributed by atoms with E-state index in [1.54, 1.807) is 0 Å². The minimum atomic E-state index is -0.305. The van der Waals surface area contributed by atoms with Crippen LogP contribution >= 0.6 is 34.8 Å². The summed E-state index contributed by atoms with van der Waals surface area (Å²) in [5.74, 6) is 0.512. The predicted molar refractivity (Wildman–Crippen MR) is 61.2 cm³/mol. The Hall–Kier alpha value is 0.210. The minimum absolute atomic E-state index is 0.221. The molecule has 0 fully saturated rings. The van der Waals surface area contributed by atoms with Gasteiger partial charge in [0.15, 0.2) is 0 Å². The number of unbranched alkanes of at least 4 members (excludes halogenated alkanes) is 1. The van der Waals surface area contributed by atoms with E-state index in [9.17, 15) is 9.59 Å². The third-order valence-corrected chi connectivity index (χ3v) is 1.88. The SMILES string of the molecule is CCCCC(=O)Cl.O=C(Cl)CCCCl. The number of carbonyl (C=O) groups excluding carboxylic acids is 2. The van der Waals surface area contributed by atoms with Gasteiger partial charge in [0.2, 0.25) is 10.5 Å². The normalized spacial score (nSPS) is 8.86. The first kappa shape index (κ1) is 16.6. The third-order valence-electron chi connectivity index (χ3n) is 1.23. The van der Waals surface area contributed by atoms with Crippen LogP contribution in [0.4, 0.5) is 0 Å². The fourth-order valence-corrected chi connectivity index (χ4v) is 0.922. The predicted octanol–water partition coefficient (Wildman–Crippen LogP) is 3.71. The summed E-state index contributed by atoms with van der Waals surface area (Å²) < 4.78 is 0. The third kappa shape index (κ3) is 22.8. The lowest BCUT2D eigenvalue weighted by atomic mass is 10.3. The van der Waals surface area contributed by atoms with Gasteiger partial charge in [-0.05, 0) is 36.0 Å². The molecule has 14 heavy (non-hydrogen) atoms. The quantitative estimate of drug-likeness (QED) is 0.539. The molecule has 0 bridgehead atoms. The summed E-state index contributed by atoms with van der Waals surface area (Å²) in [6, 6.07) is 0. The van der Waals surface area contributed by atoms with Gasteiger partial charge in [0.1, 0.15) is 0 Å². The zero-order valence-corrected chi connectivity index (χ0v) is 10.5. The molecule has 0 atom stereocenters. The van der Waals surface area contributed by atoms with Crippen LogP contribution in [0.1, 0.15) is 39.0 Å². The van der Waals surface area contributed by atoms with Crippen LogP contribution < -0.4 is 0 Å². The summed E-state index contributed by atoms with van der Waals surface area (Å²) in [6.45, 7) is 2.03. The van der Waals surface area contributed by atoms with Crippen LogP contribution in [0.5, 0.6) is 0 Å². The molecule has 0 N–H and O–H groups in total. The fraction of sp³-hybridized carbons (Fsp3) is 0.778. The van der Waals surface area contributed by atoms with Gasteiger partial charge in [-0.1, -0.05) is 13.3 Å². The van der Waals surface area contributed by atoms with Crippen molar-refractivity contribution in [3.8, 4) is 0 Å². The summed E-state index contributed by atoms with van der Waals surface area (Å²) in [4.78, 5) is 19.9. The Morgan fingerprint density at radius 2 is 1.43 bits per heavy atom. The molecule has 0 amide bonds. The summed E-state index contributed by atoms with van der Waals surface area (Å²) in [5.41, 5.74) is 0. The van der Waals surface area contributed by atoms with Crippen LogP contribution in [0, 0.1) is 0 Å². The Morgan fingerprint density at radius 3 is 1.57 bits per heavy atom. The first-order valence-electron chi connectivity index (χ1n) is 4.47. The van der Waals surface area contributed by atoms with Crippen molar-refractivity contribution in [2.24, 2.45) is 0 Å². The molecular formula is C9H15Cl3O2. The molecule has 0 aromatic carbocycles. The van der Waals surface area contributed by atoms with Gasteiger partial charge in [-0.25, -0.2) is 0 Å². The van der Waals surface area contributed by atoms with Crippen molar-refractivity contribution in [3.63, 3.8) is 0 Å². The first-order chi connectivity index (χ1) is 6.54. The number of alkyl halides is 1. The number of hydrogen-bond acceptors (Lipinski definition) is 2. The van der Waals surface area contributed by atoms with Crippen LogP contribution in [0.2, 0.25) is 0 Å². The highest BCUT2D eigenvalue weighted by atomic mass is 35.5. The van der Waals surface area contributed by atoms with Gasteiger partial charge in [0.05, 0.1) is 0 Å². The van der Waals surface area contributed by atoms with Crippen LogP contribution in [0.25, 0.3) is 0 Å². The van der Waals surface area contributed by atoms with E-state index < -0.39 is 0 Å². The topological polar surface area (TPSA) is 34.1 Å². The van der Waals surface area contributed by atoms with E-state index in [4.69, 9.17) is 34.8 Å². The Balaban J connectivity index is 0. The molecule has 0 aliphatic rings. The zero-order valence-electron chi connectivity index (χ0n) is 8.19. The molecule has 0 aromatic heterocycles. The van der Waals surface area contributed by atoms with Crippen molar-refractivity contribution in [1.82, 2.24) is 0 Å². The molecule has 0 aromatic rings. The lowest BCUT2D eigenvalue weighted by molar-refractivity contribution is -0.112. The average Bonchev–Trinajstić information content (AvgIpc) is 2.12. The van der Waals surface area contributed by atoms with Gasteiger partial charge >= 0.3 is 0 Å². The van der Waals surface area contributed by atoms with Crippen molar-refractivity contribution in [1.29, 1.82) is 0 Å². The van der Waals surface area contributed by atoms with Crippen molar-refractivity contribution in [2.75, 3.05) is 5.88 Å². The molecule has 0 rings (SSSR count). The Labute approximate surface area is 99.9 Å². The maximum Gasteiger partial charge on any atom is 0.221 e. The summed E-state index contributed by atoms with van der Waals surface area (Å²) >= 11 is 15.2. The van der Waals surface area contributed by atoms with Gasteiger partial charge in [-0.15, -0.1) is 11.6 Å². The molecule has 5 heteroatoms. The number of halogens is 3.